The van der Waals surface area contributed by atoms with Gasteiger partial charge in [0.05, 0.1) is 23.9 Å². The van der Waals surface area contributed by atoms with Crippen LogP contribution in [-0.4, -0.2) is 28.5 Å². The molecule has 4 rings (SSSR count). The first-order chi connectivity index (χ1) is 15.8. The van der Waals surface area contributed by atoms with E-state index in [1.54, 1.807) is 12.1 Å². The Morgan fingerprint density at radius 2 is 1.76 bits per heavy atom. The average molecular weight is 451 g/mol. The zero-order valence-electron chi connectivity index (χ0n) is 17.5. The summed E-state index contributed by atoms with van der Waals surface area (Å²) in [5.41, 5.74) is -0.136. The van der Waals surface area contributed by atoms with Crippen molar-refractivity contribution in [2.45, 2.75) is 13.0 Å². The third kappa shape index (κ3) is 4.03. The number of halogens is 2. The molecular weight excluding hydrogens is 432 g/mol. The molecular formula is C25H19F2NO5. The third-order valence-electron chi connectivity index (χ3n) is 5.24. The number of rotatable bonds is 5. The maximum atomic E-state index is 14.7. The lowest BCUT2D eigenvalue weighted by Crippen LogP contribution is -2.30. The highest BCUT2D eigenvalue weighted by atomic mass is 19.1. The second-order valence-corrected chi connectivity index (χ2v) is 7.32. The molecule has 1 aliphatic rings. The van der Waals surface area contributed by atoms with Gasteiger partial charge in [0.25, 0.3) is 11.7 Å². The summed E-state index contributed by atoms with van der Waals surface area (Å²) in [7, 11) is 0. The van der Waals surface area contributed by atoms with Crippen LogP contribution in [0.1, 0.15) is 24.1 Å². The monoisotopic (exact) mass is 451 g/mol. The SMILES string of the molecule is CCOc1ccc(/C(O)=C2\C(=O)C(=O)N(c3ccc(F)cc3F)C2c2cccc(O)c2)cc1. The van der Waals surface area contributed by atoms with Crippen molar-refractivity contribution in [1.82, 2.24) is 0 Å². The number of amides is 1. The number of carbonyl (C=O) groups excluding carboxylic acids is 2. The highest BCUT2D eigenvalue weighted by Crippen LogP contribution is 2.43. The molecule has 1 unspecified atom stereocenters. The van der Waals surface area contributed by atoms with Crippen LogP contribution in [0.15, 0.2) is 72.3 Å². The van der Waals surface area contributed by atoms with Gasteiger partial charge in [-0.25, -0.2) is 8.78 Å². The lowest BCUT2D eigenvalue weighted by molar-refractivity contribution is -0.132. The summed E-state index contributed by atoms with van der Waals surface area (Å²) in [4.78, 5) is 26.9. The van der Waals surface area contributed by atoms with E-state index in [0.717, 1.165) is 17.0 Å². The fraction of sp³-hybridized carbons (Fsp3) is 0.120. The minimum Gasteiger partial charge on any atom is -0.508 e. The number of ketones is 1. The van der Waals surface area contributed by atoms with Crippen molar-refractivity contribution in [3.63, 3.8) is 0 Å². The number of nitrogens with zero attached hydrogens (tertiary/aromatic N) is 1. The first kappa shape index (κ1) is 22.0. The highest BCUT2D eigenvalue weighted by Gasteiger charge is 2.47. The molecule has 3 aromatic rings. The Bertz CT molecular complexity index is 1270. The molecule has 3 aromatic carbocycles. The average Bonchev–Trinajstić information content (AvgIpc) is 3.05. The Kier molecular flexibility index (Phi) is 5.83. The predicted molar refractivity (Wildman–Crippen MR) is 117 cm³/mol. The van der Waals surface area contributed by atoms with Gasteiger partial charge in [0.1, 0.15) is 28.9 Å². The van der Waals surface area contributed by atoms with Gasteiger partial charge in [0, 0.05) is 11.6 Å². The van der Waals surface area contributed by atoms with Gasteiger partial charge in [-0.3, -0.25) is 14.5 Å². The van der Waals surface area contributed by atoms with Crippen LogP contribution in [0.4, 0.5) is 14.5 Å². The largest absolute Gasteiger partial charge is 0.508 e. The summed E-state index contributed by atoms with van der Waals surface area (Å²) in [6.45, 7) is 2.26. The highest BCUT2D eigenvalue weighted by molar-refractivity contribution is 6.51. The summed E-state index contributed by atoms with van der Waals surface area (Å²) in [6.07, 6.45) is 0. The van der Waals surface area contributed by atoms with Crippen LogP contribution in [0, 0.1) is 11.6 Å². The zero-order chi connectivity index (χ0) is 23.7. The van der Waals surface area contributed by atoms with Gasteiger partial charge < -0.3 is 14.9 Å². The molecule has 0 saturated carbocycles. The lowest BCUT2D eigenvalue weighted by Gasteiger charge is -2.26. The van der Waals surface area contributed by atoms with E-state index in [9.17, 15) is 28.6 Å². The molecule has 8 heteroatoms. The van der Waals surface area contributed by atoms with E-state index in [1.807, 2.05) is 6.92 Å². The van der Waals surface area contributed by atoms with Gasteiger partial charge >= 0.3 is 0 Å². The van der Waals surface area contributed by atoms with Crippen molar-refractivity contribution in [1.29, 1.82) is 0 Å². The number of aliphatic hydroxyl groups is 1. The Hall–Kier alpha value is -4.20. The molecule has 1 fully saturated rings. The second-order valence-electron chi connectivity index (χ2n) is 7.32. The second kappa shape index (κ2) is 8.74. The number of hydrogen-bond acceptors (Lipinski definition) is 5. The van der Waals surface area contributed by atoms with E-state index in [1.165, 1.54) is 36.4 Å². The Morgan fingerprint density at radius 3 is 2.39 bits per heavy atom. The smallest absolute Gasteiger partial charge is 0.300 e. The number of benzene rings is 3. The molecule has 33 heavy (non-hydrogen) atoms. The normalized spacial score (nSPS) is 17.4. The summed E-state index contributed by atoms with van der Waals surface area (Å²) in [6, 6.07) is 13.3. The molecule has 0 spiro atoms. The van der Waals surface area contributed by atoms with E-state index in [-0.39, 0.29) is 28.1 Å². The number of carbonyl (C=O) groups is 2. The van der Waals surface area contributed by atoms with Gasteiger partial charge in [-0.1, -0.05) is 12.1 Å². The number of phenolic OH excluding ortho intramolecular Hbond substituents is 1. The van der Waals surface area contributed by atoms with E-state index < -0.39 is 35.1 Å². The number of anilines is 1. The molecule has 1 atom stereocenters. The number of aliphatic hydroxyl groups excluding tert-OH is 1. The Morgan fingerprint density at radius 1 is 1.03 bits per heavy atom. The number of phenols is 1. The summed E-state index contributed by atoms with van der Waals surface area (Å²) < 4.78 is 33.5. The molecule has 2 N–H and O–H groups in total. The summed E-state index contributed by atoms with van der Waals surface area (Å²) in [5, 5.41) is 21.0. The first-order valence-electron chi connectivity index (χ1n) is 10.1. The Balaban J connectivity index is 1.92. The van der Waals surface area contributed by atoms with Gasteiger partial charge in [0.2, 0.25) is 0 Å². The molecule has 6 nitrogen and oxygen atoms in total. The van der Waals surface area contributed by atoms with Gasteiger partial charge in [-0.15, -0.1) is 0 Å². The molecule has 168 valence electrons. The van der Waals surface area contributed by atoms with Crippen molar-refractivity contribution in [2.75, 3.05) is 11.5 Å². The third-order valence-corrected chi connectivity index (χ3v) is 5.24. The van der Waals surface area contributed by atoms with Gasteiger partial charge in [-0.05, 0) is 61.0 Å². The van der Waals surface area contributed by atoms with Crippen molar-refractivity contribution >= 4 is 23.1 Å². The molecule has 0 bridgehead atoms. The number of ether oxygens (including phenoxy) is 1. The molecule has 0 aliphatic carbocycles. The molecule has 1 heterocycles. The fourth-order valence-electron chi connectivity index (χ4n) is 3.80. The van der Waals surface area contributed by atoms with Crippen molar-refractivity contribution in [3.05, 3.63) is 95.1 Å². The maximum Gasteiger partial charge on any atom is 0.300 e. The van der Waals surface area contributed by atoms with Crippen molar-refractivity contribution in [2.24, 2.45) is 0 Å². The molecule has 0 aromatic heterocycles. The van der Waals surface area contributed by atoms with Crippen LogP contribution >= 0.6 is 0 Å². The van der Waals surface area contributed by atoms with E-state index >= 15 is 0 Å². The van der Waals surface area contributed by atoms with Crippen molar-refractivity contribution in [3.8, 4) is 11.5 Å². The molecule has 0 radical (unpaired) electrons. The molecule has 1 amide bonds. The standard InChI is InChI=1S/C25H19F2NO5/c1-2-33-18-9-6-14(7-10-18)23(30)21-22(15-4-3-5-17(29)12-15)28(25(32)24(21)31)20-11-8-16(26)13-19(20)27/h3-13,22,29-30H,2H2,1H3/b23-21+. The van der Waals surface area contributed by atoms with Gasteiger partial charge in [0.15, 0.2) is 0 Å². The van der Waals surface area contributed by atoms with Crippen LogP contribution in [0.5, 0.6) is 11.5 Å². The van der Waals surface area contributed by atoms with Crippen molar-refractivity contribution < 1.29 is 33.3 Å². The predicted octanol–water partition coefficient (Wildman–Crippen LogP) is 4.70. The minimum absolute atomic E-state index is 0.154. The number of Topliss-reactive ketones (excluding diaryl/α,β-unsaturated/α-hetero) is 1. The fourth-order valence-corrected chi connectivity index (χ4v) is 3.80. The summed E-state index contributed by atoms with van der Waals surface area (Å²) in [5.74, 6) is -4.13. The van der Waals surface area contributed by atoms with Gasteiger partial charge in [-0.2, -0.15) is 0 Å². The van der Waals surface area contributed by atoms with Crippen LogP contribution in [0.2, 0.25) is 0 Å². The first-order valence-corrected chi connectivity index (χ1v) is 10.1. The lowest BCUT2D eigenvalue weighted by atomic mass is 9.95. The van der Waals surface area contributed by atoms with Crippen LogP contribution in [0.25, 0.3) is 5.76 Å². The zero-order valence-corrected chi connectivity index (χ0v) is 17.5. The maximum absolute atomic E-state index is 14.7. The molecule has 1 saturated heterocycles. The topological polar surface area (TPSA) is 87.1 Å². The van der Waals surface area contributed by atoms with Crippen LogP contribution < -0.4 is 9.64 Å². The van der Waals surface area contributed by atoms with Crippen LogP contribution in [-0.2, 0) is 9.59 Å². The van der Waals surface area contributed by atoms with E-state index in [0.29, 0.717) is 18.4 Å². The van der Waals surface area contributed by atoms with E-state index in [2.05, 4.69) is 0 Å². The number of aromatic hydroxyl groups is 1. The summed E-state index contributed by atoms with van der Waals surface area (Å²) >= 11 is 0. The Labute approximate surface area is 188 Å². The molecule has 1 aliphatic heterocycles. The van der Waals surface area contributed by atoms with Crippen LogP contribution in [0.3, 0.4) is 0 Å². The van der Waals surface area contributed by atoms with E-state index in [4.69, 9.17) is 4.74 Å². The number of hydrogen-bond donors (Lipinski definition) is 2. The minimum atomic E-state index is -1.26. The quantitative estimate of drug-likeness (QED) is 0.334.